The molecular formula is C9H12O3PZn+. The Labute approximate surface area is 97.5 Å². The van der Waals surface area contributed by atoms with E-state index in [1.807, 2.05) is 25.1 Å². The Morgan fingerprint density at radius 1 is 1.29 bits per heavy atom. The van der Waals surface area contributed by atoms with Crippen molar-refractivity contribution in [3.8, 4) is 5.75 Å². The van der Waals surface area contributed by atoms with Gasteiger partial charge in [0.25, 0.3) is 0 Å². The Morgan fingerprint density at radius 3 is 2.50 bits per heavy atom. The summed E-state index contributed by atoms with van der Waals surface area (Å²) < 4.78 is 21.0. The molecule has 0 radical (unpaired) electrons. The van der Waals surface area contributed by atoms with Gasteiger partial charge in [0.15, 0.2) is 5.75 Å². The fraction of sp³-hybridized carbons (Fsp3) is 0.333. The Morgan fingerprint density at radius 2 is 1.93 bits per heavy atom. The van der Waals surface area contributed by atoms with Gasteiger partial charge in [-0.1, -0.05) is 25.1 Å². The van der Waals surface area contributed by atoms with Crippen molar-refractivity contribution < 1.29 is 33.1 Å². The largest absolute Gasteiger partial charge is 0.750 e. The molecule has 0 fully saturated rings. The van der Waals surface area contributed by atoms with Crippen LogP contribution in [0.3, 0.4) is 0 Å². The Bertz CT molecular complexity index is 266. The summed E-state index contributed by atoms with van der Waals surface area (Å²) in [5.74, 6) is 0.569. The van der Waals surface area contributed by atoms with E-state index in [2.05, 4.69) is 0 Å². The molecule has 1 aromatic carbocycles. The van der Waals surface area contributed by atoms with Crippen molar-refractivity contribution in [2.45, 2.75) is 13.3 Å². The third-order valence-electron chi connectivity index (χ3n) is 1.32. The molecule has 0 saturated carbocycles. The van der Waals surface area contributed by atoms with Crippen molar-refractivity contribution >= 4 is 8.25 Å². The summed E-state index contributed by atoms with van der Waals surface area (Å²) in [6, 6.07) is 8.98. The van der Waals surface area contributed by atoms with E-state index in [9.17, 15) is 4.57 Å². The maximum absolute atomic E-state index is 11.1. The van der Waals surface area contributed by atoms with Crippen LogP contribution in [0.2, 0.25) is 0 Å². The SMILES string of the molecule is CCCO[P+](=O)Oc1ccccc1.[Zn]. The van der Waals surface area contributed by atoms with Crippen LogP contribution in [0.5, 0.6) is 5.75 Å². The average Bonchev–Trinajstić information content (AvgIpc) is 2.16. The van der Waals surface area contributed by atoms with Crippen molar-refractivity contribution in [3.05, 3.63) is 30.3 Å². The van der Waals surface area contributed by atoms with Gasteiger partial charge in [-0.3, -0.25) is 0 Å². The summed E-state index contributed by atoms with van der Waals surface area (Å²) in [5.41, 5.74) is 0. The monoisotopic (exact) mass is 263 g/mol. The van der Waals surface area contributed by atoms with Crippen LogP contribution in [0.1, 0.15) is 13.3 Å². The van der Waals surface area contributed by atoms with Crippen molar-refractivity contribution in [1.29, 1.82) is 0 Å². The molecule has 72 valence electrons. The zero-order valence-corrected chi connectivity index (χ0v) is 12.0. The molecule has 5 heteroatoms. The molecule has 1 unspecified atom stereocenters. The van der Waals surface area contributed by atoms with Crippen LogP contribution in [-0.4, -0.2) is 6.61 Å². The first-order valence-corrected chi connectivity index (χ1v) is 5.25. The first kappa shape index (κ1) is 13.7. The van der Waals surface area contributed by atoms with Crippen LogP contribution >= 0.6 is 8.25 Å². The minimum Gasteiger partial charge on any atom is -0.229 e. The van der Waals surface area contributed by atoms with Gasteiger partial charge in [-0.15, -0.1) is 4.52 Å². The summed E-state index contributed by atoms with van der Waals surface area (Å²) in [7, 11) is -2.01. The van der Waals surface area contributed by atoms with E-state index in [-0.39, 0.29) is 19.5 Å². The zero-order valence-electron chi connectivity index (χ0n) is 8.18. The smallest absolute Gasteiger partial charge is 0.229 e. The van der Waals surface area contributed by atoms with Crippen molar-refractivity contribution in [2.24, 2.45) is 0 Å². The van der Waals surface area contributed by atoms with Gasteiger partial charge >= 0.3 is 8.25 Å². The molecule has 14 heavy (non-hydrogen) atoms. The normalized spacial score (nSPS) is 10.2. The predicted octanol–water partition coefficient (Wildman–Crippen LogP) is 3.15. The van der Waals surface area contributed by atoms with E-state index in [4.69, 9.17) is 9.05 Å². The van der Waals surface area contributed by atoms with E-state index in [0.717, 1.165) is 6.42 Å². The minimum atomic E-state index is -2.01. The number of para-hydroxylation sites is 1. The molecule has 0 spiro atoms. The van der Waals surface area contributed by atoms with E-state index in [0.29, 0.717) is 12.4 Å². The molecule has 0 heterocycles. The number of rotatable bonds is 5. The molecule has 0 aromatic heterocycles. The number of hydrogen-bond acceptors (Lipinski definition) is 3. The standard InChI is InChI=1S/C9H12O3P.Zn/c1-2-8-11-13(10)12-9-6-4-3-5-7-9;/h3-7H,2,8H2,1H3;/q+1;. The first-order chi connectivity index (χ1) is 6.33. The van der Waals surface area contributed by atoms with Gasteiger partial charge in [0.05, 0.1) is 0 Å². The maximum Gasteiger partial charge on any atom is 0.750 e. The van der Waals surface area contributed by atoms with E-state index in [1.165, 1.54) is 0 Å². The number of benzene rings is 1. The molecule has 0 aliphatic rings. The minimum absolute atomic E-state index is 0. The van der Waals surface area contributed by atoms with Gasteiger partial charge in [0.2, 0.25) is 0 Å². The third-order valence-corrected chi connectivity index (χ3v) is 2.08. The molecule has 1 aromatic rings. The van der Waals surface area contributed by atoms with Crippen LogP contribution in [0, 0.1) is 0 Å². The molecule has 1 atom stereocenters. The second-order valence-corrected chi connectivity index (χ2v) is 3.35. The first-order valence-electron chi connectivity index (χ1n) is 4.16. The second-order valence-electron chi connectivity index (χ2n) is 2.46. The van der Waals surface area contributed by atoms with Crippen LogP contribution in [0.15, 0.2) is 30.3 Å². The summed E-state index contributed by atoms with van der Waals surface area (Å²) >= 11 is 0. The fourth-order valence-corrected chi connectivity index (χ4v) is 1.44. The van der Waals surface area contributed by atoms with Crippen molar-refractivity contribution in [2.75, 3.05) is 6.61 Å². The van der Waals surface area contributed by atoms with Crippen LogP contribution in [-0.2, 0) is 28.6 Å². The number of hydrogen-bond donors (Lipinski definition) is 0. The van der Waals surface area contributed by atoms with Crippen molar-refractivity contribution in [1.82, 2.24) is 0 Å². The van der Waals surface area contributed by atoms with Crippen LogP contribution < -0.4 is 4.52 Å². The molecule has 0 aliphatic heterocycles. The average molecular weight is 265 g/mol. The molecule has 1 rings (SSSR count). The van der Waals surface area contributed by atoms with Gasteiger partial charge in [-0.05, 0) is 18.6 Å². The molecule has 0 bridgehead atoms. The molecule has 0 amide bonds. The van der Waals surface area contributed by atoms with Crippen LogP contribution in [0.25, 0.3) is 0 Å². The molecule has 0 aliphatic carbocycles. The van der Waals surface area contributed by atoms with E-state index >= 15 is 0 Å². The van der Waals surface area contributed by atoms with E-state index in [1.54, 1.807) is 12.1 Å². The summed E-state index contributed by atoms with van der Waals surface area (Å²) in [6.45, 7) is 2.41. The molecular weight excluding hydrogens is 252 g/mol. The van der Waals surface area contributed by atoms with Gasteiger partial charge in [0, 0.05) is 24.0 Å². The topological polar surface area (TPSA) is 35.5 Å². The van der Waals surface area contributed by atoms with Gasteiger partial charge in [-0.25, -0.2) is 4.52 Å². The maximum atomic E-state index is 11.1. The Kier molecular flexibility index (Phi) is 7.88. The van der Waals surface area contributed by atoms with Gasteiger partial charge < -0.3 is 0 Å². The summed E-state index contributed by atoms with van der Waals surface area (Å²) in [6.07, 6.45) is 0.833. The predicted molar refractivity (Wildman–Crippen MR) is 50.9 cm³/mol. The third kappa shape index (κ3) is 5.44. The Balaban J connectivity index is 0.00000169. The molecule has 3 nitrogen and oxygen atoms in total. The van der Waals surface area contributed by atoms with E-state index < -0.39 is 8.25 Å². The van der Waals surface area contributed by atoms with Crippen LogP contribution in [0.4, 0.5) is 0 Å². The second kappa shape index (κ2) is 8.05. The zero-order chi connectivity index (χ0) is 9.52. The van der Waals surface area contributed by atoms with Gasteiger partial charge in [-0.2, -0.15) is 0 Å². The summed E-state index contributed by atoms with van der Waals surface area (Å²) in [5, 5.41) is 0. The van der Waals surface area contributed by atoms with Crippen molar-refractivity contribution in [3.63, 3.8) is 0 Å². The summed E-state index contributed by atoms with van der Waals surface area (Å²) in [4.78, 5) is 0. The quantitative estimate of drug-likeness (QED) is 0.605. The molecule has 0 saturated heterocycles. The Hall–Kier alpha value is -0.297. The fourth-order valence-electron chi connectivity index (χ4n) is 0.760. The molecule has 0 N–H and O–H groups in total. The van der Waals surface area contributed by atoms with Gasteiger partial charge in [0.1, 0.15) is 6.61 Å².